The molecule has 0 aromatic heterocycles. The summed E-state index contributed by atoms with van der Waals surface area (Å²) in [5.41, 5.74) is 0.760. The molecule has 2 N–H and O–H groups in total. The van der Waals surface area contributed by atoms with E-state index in [-0.39, 0.29) is 6.17 Å². The zero-order valence-corrected chi connectivity index (χ0v) is 14.7. The summed E-state index contributed by atoms with van der Waals surface area (Å²) in [6.45, 7) is 5.42. The fourth-order valence-corrected chi connectivity index (χ4v) is 4.18. The number of aliphatic imine (C=N–C) groups is 2. The SMILES string of the molecule is CCOCC1N=C2C=CC=C3N=CC=CC32N1CC1(O)CCNCC1. The first-order valence-corrected chi connectivity index (χ1v) is 9.15. The van der Waals surface area contributed by atoms with Gasteiger partial charge >= 0.3 is 0 Å². The summed E-state index contributed by atoms with van der Waals surface area (Å²) in [6, 6.07) is 0. The fraction of sp³-hybridized carbons (Fsp3) is 0.579. The molecule has 1 spiro atoms. The number of hydrogen-bond donors (Lipinski definition) is 2. The molecule has 0 bridgehead atoms. The summed E-state index contributed by atoms with van der Waals surface area (Å²) in [4.78, 5) is 11.8. The van der Waals surface area contributed by atoms with Crippen molar-refractivity contribution in [1.82, 2.24) is 10.2 Å². The fourth-order valence-electron chi connectivity index (χ4n) is 4.18. The number of dihydropyridines is 1. The smallest absolute Gasteiger partial charge is 0.127 e. The molecule has 6 nitrogen and oxygen atoms in total. The number of hydrogen-bond acceptors (Lipinski definition) is 6. The lowest BCUT2D eigenvalue weighted by atomic mass is 9.81. The maximum absolute atomic E-state index is 11.2. The maximum atomic E-state index is 11.2. The van der Waals surface area contributed by atoms with Gasteiger partial charge in [-0.2, -0.15) is 0 Å². The first-order valence-electron chi connectivity index (χ1n) is 9.15. The highest BCUT2D eigenvalue weighted by Crippen LogP contribution is 2.42. The minimum Gasteiger partial charge on any atom is -0.388 e. The Kier molecular flexibility index (Phi) is 4.45. The number of rotatable bonds is 5. The monoisotopic (exact) mass is 342 g/mol. The molecule has 1 aliphatic carbocycles. The van der Waals surface area contributed by atoms with E-state index >= 15 is 0 Å². The number of aliphatic hydroxyl groups is 1. The molecule has 0 amide bonds. The molecule has 0 radical (unpaired) electrons. The van der Waals surface area contributed by atoms with Crippen molar-refractivity contribution in [3.63, 3.8) is 0 Å². The maximum Gasteiger partial charge on any atom is 0.127 e. The molecule has 3 heterocycles. The third kappa shape index (κ3) is 2.83. The van der Waals surface area contributed by atoms with Gasteiger partial charge in [-0.15, -0.1) is 0 Å². The van der Waals surface area contributed by atoms with Crippen LogP contribution in [0.25, 0.3) is 0 Å². The van der Waals surface area contributed by atoms with Gasteiger partial charge in [0.2, 0.25) is 0 Å². The van der Waals surface area contributed by atoms with Gasteiger partial charge in [-0.1, -0.05) is 12.2 Å². The van der Waals surface area contributed by atoms with Gasteiger partial charge in [-0.25, -0.2) is 0 Å². The van der Waals surface area contributed by atoms with E-state index in [1.807, 2.05) is 31.4 Å². The number of piperidine rings is 1. The molecule has 134 valence electrons. The van der Waals surface area contributed by atoms with Crippen LogP contribution in [0.2, 0.25) is 0 Å². The summed E-state index contributed by atoms with van der Waals surface area (Å²) >= 11 is 0. The van der Waals surface area contributed by atoms with E-state index in [1.54, 1.807) is 0 Å². The average Bonchev–Trinajstić information content (AvgIpc) is 2.92. The Morgan fingerprint density at radius 2 is 2.20 bits per heavy atom. The van der Waals surface area contributed by atoms with Crippen LogP contribution < -0.4 is 5.32 Å². The zero-order valence-electron chi connectivity index (χ0n) is 14.7. The van der Waals surface area contributed by atoms with E-state index in [9.17, 15) is 5.11 Å². The highest BCUT2D eigenvalue weighted by molar-refractivity contribution is 6.10. The molecule has 4 rings (SSSR count). The molecular weight excluding hydrogens is 316 g/mol. The van der Waals surface area contributed by atoms with Crippen LogP contribution in [0.1, 0.15) is 19.8 Å². The lowest BCUT2D eigenvalue weighted by molar-refractivity contribution is -0.0469. The number of β-amino-alcohol motifs (C(OH)–C–C–N with tert-alkyl or cyclic N) is 1. The quantitative estimate of drug-likeness (QED) is 0.784. The standard InChI is InChI=1S/C19H26N4O2/c1-2-25-13-17-22-16-6-3-5-15-19(16,7-4-10-21-15)23(17)14-18(24)8-11-20-12-9-18/h3-7,10,17,20,24H,2,8-9,11-14H2,1H3. The van der Waals surface area contributed by atoms with E-state index in [0.717, 1.165) is 37.3 Å². The largest absolute Gasteiger partial charge is 0.388 e. The van der Waals surface area contributed by atoms with Crippen molar-refractivity contribution in [3.05, 3.63) is 36.1 Å². The summed E-state index contributed by atoms with van der Waals surface area (Å²) in [6.07, 6.45) is 13.4. The van der Waals surface area contributed by atoms with Gasteiger partial charge in [0.25, 0.3) is 0 Å². The Morgan fingerprint density at radius 1 is 1.36 bits per heavy atom. The highest BCUT2D eigenvalue weighted by Gasteiger charge is 2.53. The molecule has 1 saturated heterocycles. The molecule has 4 aliphatic rings. The first kappa shape index (κ1) is 16.8. The van der Waals surface area contributed by atoms with Crippen LogP contribution >= 0.6 is 0 Å². The van der Waals surface area contributed by atoms with E-state index in [4.69, 9.17) is 9.73 Å². The van der Waals surface area contributed by atoms with Crippen LogP contribution in [-0.4, -0.2) is 72.1 Å². The average molecular weight is 342 g/mol. The van der Waals surface area contributed by atoms with Crippen molar-refractivity contribution in [2.45, 2.75) is 37.1 Å². The van der Waals surface area contributed by atoms with Crippen molar-refractivity contribution in [1.29, 1.82) is 0 Å². The van der Waals surface area contributed by atoms with Crippen LogP contribution in [0.4, 0.5) is 0 Å². The lowest BCUT2D eigenvalue weighted by Gasteiger charge is -2.45. The van der Waals surface area contributed by atoms with Crippen molar-refractivity contribution >= 4 is 11.9 Å². The normalized spacial score (nSPS) is 33.0. The van der Waals surface area contributed by atoms with E-state index in [1.165, 1.54) is 0 Å². The zero-order chi connectivity index (χ0) is 17.3. The molecule has 6 heteroatoms. The van der Waals surface area contributed by atoms with Crippen LogP contribution in [0.5, 0.6) is 0 Å². The summed E-state index contributed by atoms with van der Waals surface area (Å²) in [5, 5.41) is 14.5. The summed E-state index contributed by atoms with van der Waals surface area (Å²) in [5.74, 6) is 0. The molecule has 25 heavy (non-hydrogen) atoms. The van der Waals surface area contributed by atoms with Gasteiger partial charge in [0, 0.05) is 19.4 Å². The van der Waals surface area contributed by atoms with Crippen molar-refractivity contribution in [2.24, 2.45) is 9.98 Å². The van der Waals surface area contributed by atoms with Crippen molar-refractivity contribution in [2.75, 3.05) is 32.8 Å². The lowest BCUT2D eigenvalue weighted by Crippen LogP contribution is -2.60. The Bertz CT molecular complexity index is 673. The third-order valence-electron chi connectivity index (χ3n) is 5.50. The predicted octanol–water partition coefficient (Wildman–Crippen LogP) is 1.05. The number of nitrogens with zero attached hydrogens (tertiary/aromatic N) is 3. The van der Waals surface area contributed by atoms with Crippen LogP contribution in [0.3, 0.4) is 0 Å². The van der Waals surface area contributed by atoms with Crippen molar-refractivity contribution in [3.8, 4) is 0 Å². The van der Waals surface area contributed by atoms with Gasteiger partial charge in [0.1, 0.15) is 11.7 Å². The third-order valence-corrected chi connectivity index (χ3v) is 5.50. The Labute approximate surface area is 148 Å². The molecule has 0 aromatic carbocycles. The predicted molar refractivity (Wildman–Crippen MR) is 99.1 cm³/mol. The molecule has 0 aromatic rings. The number of nitrogens with one attached hydrogen (secondary N) is 1. The molecule has 2 atom stereocenters. The second kappa shape index (κ2) is 6.61. The molecule has 0 saturated carbocycles. The Hall–Kier alpha value is -1.60. The number of allylic oxidation sites excluding steroid dienone is 3. The van der Waals surface area contributed by atoms with E-state index < -0.39 is 11.1 Å². The Morgan fingerprint density at radius 3 is 3.00 bits per heavy atom. The molecule has 2 unspecified atom stereocenters. The minimum absolute atomic E-state index is 0.113. The first-order chi connectivity index (χ1) is 12.2. The van der Waals surface area contributed by atoms with Gasteiger partial charge in [-0.05, 0) is 51.1 Å². The Balaban J connectivity index is 1.69. The molecule has 1 fully saturated rings. The van der Waals surface area contributed by atoms with E-state index in [2.05, 4.69) is 27.4 Å². The van der Waals surface area contributed by atoms with Gasteiger partial charge in [-0.3, -0.25) is 14.9 Å². The number of ether oxygens (including phenoxy) is 1. The highest BCUT2D eigenvalue weighted by atomic mass is 16.5. The summed E-state index contributed by atoms with van der Waals surface area (Å²) in [7, 11) is 0. The van der Waals surface area contributed by atoms with E-state index in [0.29, 0.717) is 19.8 Å². The van der Waals surface area contributed by atoms with Crippen LogP contribution in [-0.2, 0) is 4.74 Å². The summed E-state index contributed by atoms with van der Waals surface area (Å²) < 4.78 is 5.70. The van der Waals surface area contributed by atoms with Crippen molar-refractivity contribution < 1.29 is 9.84 Å². The van der Waals surface area contributed by atoms with Gasteiger partial charge < -0.3 is 15.2 Å². The van der Waals surface area contributed by atoms with Gasteiger partial charge in [0.15, 0.2) is 0 Å². The van der Waals surface area contributed by atoms with Crippen LogP contribution in [0.15, 0.2) is 46.1 Å². The molecular formula is C19H26N4O2. The second-order valence-corrected chi connectivity index (χ2v) is 7.07. The second-order valence-electron chi connectivity index (χ2n) is 7.07. The topological polar surface area (TPSA) is 69.5 Å². The minimum atomic E-state index is -0.712. The molecule has 3 aliphatic heterocycles. The van der Waals surface area contributed by atoms with Gasteiger partial charge in [0.05, 0.1) is 23.6 Å². The van der Waals surface area contributed by atoms with Crippen LogP contribution in [0, 0.1) is 0 Å².